The van der Waals surface area contributed by atoms with Crippen LogP contribution in [0.5, 0.6) is 5.75 Å². The van der Waals surface area contributed by atoms with E-state index >= 15 is 0 Å². The quantitative estimate of drug-likeness (QED) is 0.913. The maximum Gasteiger partial charge on any atom is 0.246 e. The van der Waals surface area contributed by atoms with Gasteiger partial charge in [-0.1, -0.05) is 11.3 Å². The van der Waals surface area contributed by atoms with Crippen molar-refractivity contribution in [3.8, 4) is 5.75 Å². The second-order valence-corrected chi connectivity index (χ2v) is 5.85. The fourth-order valence-corrected chi connectivity index (χ4v) is 2.98. The van der Waals surface area contributed by atoms with E-state index in [1.54, 1.807) is 7.11 Å². The maximum atomic E-state index is 12.0. The van der Waals surface area contributed by atoms with E-state index in [4.69, 9.17) is 10.5 Å². The van der Waals surface area contributed by atoms with E-state index in [-0.39, 0.29) is 18.3 Å². The van der Waals surface area contributed by atoms with Gasteiger partial charge < -0.3 is 15.8 Å². The molecule has 1 aliphatic rings. The van der Waals surface area contributed by atoms with E-state index in [1.807, 2.05) is 18.2 Å². The molecule has 1 aromatic carbocycles. The van der Waals surface area contributed by atoms with E-state index in [0.29, 0.717) is 5.13 Å². The van der Waals surface area contributed by atoms with Gasteiger partial charge in [-0.05, 0) is 37.5 Å². The van der Waals surface area contributed by atoms with Crippen LogP contribution in [-0.4, -0.2) is 23.5 Å². The van der Waals surface area contributed by atoms with Gasteiger partial charge in [0.15, 0.2) is 5.13 Å². The zero-order chi connectivity index (χ0) is 13.5. The van der Waals surface area contributed by atoms with Crippen LogP contribution in [0.3, 0.4) is 0 Å². The second-order valence-electron chi connectivity index (χ2n) is 4.82. The predicted octanol–water partition coefficient (Wildman–Crippen LogP) is 2.55. The van der Waals surface area contributed by atoms with Gasteiger partial charge in [0.1, 0.15) is 5.75 Å². The number of halogens is 1. The van der Waals surface area contributed by atoms with E-state index in [1.165, 1.54) is 11.3 Å². The first-order chi connectivity index (χ1) is 9.10. The van der Waals surface area contributed by atoms with Crippen molar-refractivity contribution in [1.29, 1.82) is 0 Å². The number of nitrogens with one attached hydrogen (secondary N) is 1. The number of ether oxygens (including phenoxy) is 1. The highest BCUT2D eigenvalue weighted by atomic mass is 35.5. The van der Waals surface area contributed by atoms with Crippen molar-refractivity contribution in [3.63, 3.8) is 0 Å². The number of fused-ring (bicyclic) bond motifs is 1. The van der Waals surface area contributed by atoms with E-state index in [0.717, 1.165) is 35.2 Å². The Kier molecular flexibility index (Phi) is 4.17. The van der Waals surface area contributed by atoms with Crippen LogP contribution in [0.2, 0.25) is 0 Å². The molecular formula is C13H16ClN3O2S. The summed E-state index contributed by atoms with van der Waals surface area (Å²) in [7, 11) is 1.62. The molecule has 0 atom stereocenters. The normalized spacial score (nSPS) is 16.1. The summed E-state index contributed by atoms with van der Waals surface area (Å²) in [6.07, 6.45) is 2.51. The molecule has 1 aromatic heterocycles. The molecule has 108 valence electrons. The fraction of sp³-hybridized carbons (Fsp3) is 0.385. The summed E-state index contributed by atoms with van der Waals surface area (Å²) in [5.41, 5.74) is 6.13. The number of hydrogen-bond acceptors (Lipinski definition) is 5. The fourth-order valence-electron chi connectivity index (χ4n) is 2.09. The molecule has 5 nitrogen and oxygen atoms in total. The lowest BCUT2D eigenvalue weighted by molar-refractivity contribution is -0.123. The molecule has 20 heavy (non-hydrogen) atoms. The summed E-state index contributed by atoms with van der Waals surface area (Å²) in [6, 6.07) is 5.64. The molecule has 7 heteroatoms. The van der Waals surface area contributed by atoms with Crippen LogP contribution in [0.25, 0.3) is 10.2 Å². The minimum absolute atomic E-state index is 0. The highest BCUT2D eigenvalue weighted by molar-refractivity contribution is 7.22. The summed E-state index contributed by atoms with van der Waals surface area (Å²) in [5.74, 6) is 0.646. The van der Waals surface area contributed by atoms with Crippen LogP contribution >= 0.6 is 23.7 Å². The highest BCUT2D eigenvalue weighted by Gasteiger charge is 2.40. The number of nitrogens with zero attached hydrogens (tertiary/aromatic N) is 1. The Morgan fingerprint density at radius 1 is 1.50 bits per heavy atom. The van der Waals surface area contributed by atoms with Crippen LogP contribution < -0.4 is 15.8 Å². The Morgan fingerprint density at radius 2 is 2.25 bits per heavy atom. The summed E-state index contributed by atoms with van der Waals surface area (Å²) in [6.45, 7) is 0. The summed E-state index contributed by atoms with van der Waals surface area (Å²) in [4.78, 5) is 16.4. The minimum Gasteiger partial charge on any atom is -0.497 e. The van der Waals surface area contributed by atoms with Crippen molar-refractivity contribution in [3.05, 3.63) is 18.2 Å². The lowest BCUT2D eigenvalue weighted by Gasteiger charge is -2.35. The summed E-state index contributed by atoms with van der Waals surface area (Å²) < 4.78 is 6.15. The van der Waals surface area contributed by atoms with Crippen molar-refractivity contribution < 1.29 is 9.53 Å². The first kappa shape index (κ1) is 15.0. The molecule has 0 unspecified atom stereocenters. The van der Waals surface area contributed by atoms with Gasteiger partial charge in [0.05, 0.1) is 22.9 Å². The Bertz CT molecular complexity index is 640. The maximum absolute atomic E-state index is 12.0. The first-order valence-electron chi connectivity index (χ1n) is 6.16. The van der Waals surface area contributed by atoms with Gasteiger partial charge >= 0.3 is 0 Å². The number of carbonyl (C=O) groups excluding carboxylic acids is 1. The molecule has 0 saturated heterocycles. The SMILES string of the molecule is COc1ccc2nc(NC(=O)C3(N)CCC3)sc2c1.Cl. The van der Waals surface area contributed by atoms with Crippen molar-refractivity contribution in [2.45, 2.75) is 24.8 Å². The van der Waals surface area contributed by atoms with Crippen molar-refractivity contribution in [2.24, 2.45) is 5.73 Å². The van der Waals surface area contributed by atoms with Crippen molar-refractivity contribution in [1.82, 2.24) is 4.98 Å². The van der Waals surface area contributed by atoms with Crippen LogP contribution in [0.4, 0.5) is 5.13 Å². The summed E-state index contributed by atoms with van der Waals surface area (Å²) in [5, 5.41) is 3.40. The minimum atomic E-state index is -0.699. The monoisotopic (exact) mass is 313 g/mol. The number of rotatable bonds is 3. The molecule has 3 rings (SSSR count). The van der Waals surface area contributed by atoms with Gasteiger partial charge in [0.2, 0.25) is 5.91 Å². The molecule has 0 spiro atoms. The van der Waals surface area contributed by atoms with E-state index in [2.05, 4.69) is 10.3 Å². The standard InChI is InChI=1S/C13H15N3O2S.ClH/c1-18-8-3-4-9-10(7-8)19-12(15-9)16-11(17)13(14)5-2-6-13;/h3-4,7H,2,5-6,14H2,1H3,(H,15,16,17);1H. The second kappa shape index (κ2) is 5.55. The molecule has 2 aromatic rings. The van der Waals surface area contributed by atoms with Crippen LogP contribution in [0.1, 0.15) is 19.3 Å². The van der Waals surface area contributed by atoms with E-state index in [9.17, 15) is 4.79 Å². The predicted molar refractivity (Wildman–Crippen MR) is 82.8 cm³/mol. The smallest absolute Gasteiger partial charge is 0.246 e. The Morgan fingerprint density at radius 3 is 2.85 bits per heavy atom. The van der Waals surface area contributed by atoms with Gasteiger partial charge in [0.25, 0.3) is 0 Å². The lowest BCUT2D eigenvalue weighted by atomic mass is 9.77. The zero-order valence-corrected chi connectivity index (χ0v) is 12.6. The number of anilines is 1. The number of hydrogen-bond donors (Lipinski definition) is 2. The largest absolute Gasteiger partial charge is 0.497 e. The van der Waals surface area contributed by atoms with Crippen molar-refractivity contribution in [2.75, 3.05) is 12.4 Å². The van der Waals surface area contributed by atoms with Crippen LogP contribution in [0.15, 0.2) is 18.2 Å². The molecule has 1 aliphatic carbocycles. The summed E-state index contributed by atoms with van der Waals surface area (Å²) >= 11 is 1.43. The number of aromatic nitrogens is 1. The molecular weight excluding hydrogens is 298 g/mol. The average molecular weight is 314 g/mol. The average Bonchev–Trinajstić information content (AvgIpc) is 2.76. The molecule has 1 saturated carbocycles. The Labute approximate surface area is 126 Å². The molecule has 1 amide bonds. The molecule has 3 N–H and O–H groups in total. The van der Waals surface area contributed by atoms with Crippen LogP contribution in [-0.2, 0) is 4.79 Å². The van der Waals surface area contributed by atoms with Crippen LogP contribution in [0, 0.1) is 0 Å². The highest BCUT2D eigenvalue weighted by Crippen LogP contribution is 2.33. The zero-order valence-electron chi connectivity index (χ0n) is 11.0. The number of thiazole rings is 1. The Balaban J connectivity index is 0.00000147. The molecule has 0 aliphatic heterocycles. The number of benzene rings is 1. The first-order valence-corrected chi connectivity index (χ1v) is 6.97. The van der Waals surface area contributed by atoms with Crippen molar-refractivity contribution >= 4 is 45.0 Å². The molecule has 0 radical (unpaired) electrons. The number of carbonyl (C=O) groups is 1. The molecule has 1 fully saturated rings. The van der Waals surface area contributed by atoms with Gasteiger partial charge in [-0.15, -0.1) is 12.4 Å². The molecule has 1 heterocycles. The topological polar surface area (TPSA) is 77.2 Å². The van der Waals surface area contributed by atoms with Gasteiger partial charge in [-0.25, -0.2) is 4.98 Å². The number of nitrogens with two attached hydrogens (primary N) is 1. The third kappa shape index (κ3) is 2.59. The lowest BCUT2D eigenvalue weighted by Crippen LogP contribution is -2.56. The van der Waals surface area contributed by atoms with Gasteiger partial charge in [-0.3, -0.25) is 4.79 Å². The number of methoxy groups -OCH3 is 1. The van der Waals surface area contributed by atoms with Gasteiger partial charge in [-0.2, -0.15) is 0 Å². The van der Waals surface area contributed by atoms with E-state index < -0.39 is 5.54 Å². The third-order valence-electron chi connectivity index (χ3n) is 3.51. The van der Waals surface area contributed by atoms with Gasteiger partial charge in [0, 0.05) is 0 Å². The third-order valence-corrected chi connectivity index (χ3v) is 4.45. The Hall–Kier alpha value is -1.37. The number of amides is 1. The molecule has 0 bridgehead atoms.